The van der Waals surface area contributed by atoms with Crippen LogP contribution in [0, 0.1) is 5.41 Å². The van der Waals surface area contributed by atoms with Gasteiger partial charge < -0.3 is 10.5 Å². The molecule has 2 N–H and O–H groups in total. The van der Waals surface area contributed by atoms with Gasteiger partial charge in [-0.3, -0.25) is 9.69 Å². The fraction of sp³-hybridized carbons (Fsp3) is 0.652. The molecule has 0 aromatic heterocycles. The van der Waals surface area contributed by atoms with Crippen LogP contribution in [0.25, 0.3) is 0 Å². The van der Waals surface area contributed by atoms with E-state index < -0.39 is 5.54 Å². The van der Waals surface area contributed by atoms with E-state index in [1.807, 2.05) is 0 Å². The number of nitrogens with two attached hydrogens (primary N) is 1. The molecule has 1 unspecified atom stereocenters. The monoisotopic (exact) mass is 381 g/mol. The number of carbonyl (C=O) groups excluding carboxylic acids is 1. The van der Waals surface area contributed by atoms with E-state index in [1.54, 1.807) is 19.1 Å². The van der Waals surface area contributed by atoms with Gasteiger partial charge >= 0.3 is 0 Å². The Morgan fingerprint density at radius 3 is 2.50 bits per heavy atom. The minimum Gasteiger partial charge on any atom is -0.381 e. The van der Waals surface area contributed by atoms with Gasteiger partial charge in [-0.2, -0.15) is 0 Å². The molecule has 5 nitrogen and oxygen atoms in total. The normalized spacial score (nSPS) is 35.2. The molecule has 1 aromatic rings. The van der Waals surface area contributed by atoms with Gasteiger partial charge in [-0.05, 0) is 67.6 Å². The molecule has 1 aromatic carbocycles. The Morgan fingerprint density at radius 2 is 1.89 bits per heavy atom. The molecule has 4 aliphatic rings. The number of amides is 1. The van der Waals surface area contributed by atoms with Crippen molar-refractivity contribution in [2.24, 2.45) is 16.1 Å². The van der Waals surface area contributed by atoms with Crippen molar-refractivity contribution in [2.45, 2.75) is 75.3 Å². The molecule has 0 radical (unpaired) electrons. The Labute approximate surface area is 167 Å². The average Bonchev–Trinajstić information content (AvgIpc) is 3.39. The standard InChI is InChI=1S/C23H31N3O2/c1-26-20(27)23(25-21(26)24)19-13-16(15-5-3-4-6-15)7-8-17(19)14-22(23)11-9-18(28-2)10-12-22/h7-8,13,15,18H,3-6,9-12,14H2,1-2H3,(H2,24,25). The number of methoxy groups -OCH3 is 1. The number of aliphatic imine (C=N–C) groups is 1. The predicted octanol–water partition coefficient (Wildman–Crippen LogP) is 3.46. The highest BCUT2D eigenvalue weighted by molar-refractivity contribution is 6.08. The van der Waals surface area contributed by atoms with Crippen molar-refractivity contribution in [1.29, 1.82) is 0 Å². The second kappa shape index (κ2) is 6.31. The van der Waals surface area contributed by atoms with Crippen molar-refractivity contribution in [1.82, 2.24) is 4.90 Å². The van der Waals surface area contributed by atoms with Gasteiger partial charge in [0.05, 0.1) is 6.10 Å². The van der Waals surface area contributed by atoms with Crippen molar-refractivity contribution >= 4 is 11.9 Å². The van der Waals surface area contributed by atoms with Crippen LogP contribution in [-0.4, -0.2) is 37.0 Å². The molecule has 2 spiro atoms. The molecule has 2 saturated carbocycles. The predicted molar refractivity (Wildman–Crippen MR) is 109 cm³/mol. The highest BCUT2D eigenvalue weighted by atomic mass is 16.5. The fourth-order valence-corrected chi connectivity index (χ4v) is 6.46. The summed E-state index contributed by atoms with van der Waals surface area (Å²) in [7, 11) is 3.56. The second-order valence-electron chi connectivity index (χ2n) is 9.33. The van der Waals surface area contributed by atoms with E-state index in [0.717, 1.165) is 37.7 Å². The zero-order valence-corrected chi connectivity index (χ0v) is 17.0. The summed E-state index contributed by atoms with van der Waals surface area (Å²) in [6.45, 7) is 0. The molecule has 0 saturated heterocycles. The van der Waals surface area contributed by atoms with Crippen LogP contribution in [0.4, 0.5) is 0 Å². The third kappa shape index (κ3) is 2.28. The van der Waals surface area contributed by atoms with Gasteiger partial charge in [0, 0.05) is 19.6 Å². The van der Waals surface area contributed by atoms with Crippen LogP contribution >= 0.6 is 0 Å². The minimum atomic E-state index is -0.839. The highest BCUT2D eigenvalue weighted by Crippen LogP contribution is 2.62. The zero-order chi connectivity index (χ0) is 19.5. The number of nitrogens with zero attached hydrogens (tertiary/aromatic N) is 2. The summed E-state index contributed by atoms with van der Waals surface area (Å²) in [6.07, 6.45) is 10.2. The van der Waals surface area contributed by atoms with Gasteiger partial charge in [0.15, 0.2) is 11.5 Å². The van der Waals surface area contributed by atoms with Crippen molar-refractivity contribution in [3.8, 4) is 0 Å². The molecule has 1 amide bonds. The lowest BCUT2D eigenvalue weighted by molar-refractivity contribution is -0.137. The quantitative estimate of drug-likeness (QED) is 0.853. The van der Waals surface area contributed by atoms with Gasteiger partial charge in [-0.1, -0.05) is 31.0 Å². The molecular weight excluding hydrogens is 350 g/mol. The maximum Gasteiger partial charge on any atom is 0.262 e. The van der Waals surface area contributed by atoms with Crippen molar-refractivity contribution in [3.63, 3.8) is 0 Å². The lowest BCUT2D eigenvalue weighted by Crippen LogP contribution is -2.51. The van der Waals surface area contributed by atoms with Gasteiger partial charge in [0.25, 0.3) is 5.91 Å². The molecule has 2 fully saturated rings. The Hall–Kier alpha value is -1.88. The first-order chi connectivity index (χ1) is 13.5. The molecular formula is C23H31N3O2. The van der Waals surface area contributed by atoms with E-state index in [0.29, 0.717) is 11.9 Å². The number of likely N-dealkylation sites (N-methyl/N-ethyl adjacent to an activating group) is 1. The van der Waals surface area contributed by atoms with Crippen molar-refractivity contribution in [3.05, 3.63) is 34.9 Å². The summed E-state index contributed by atoms with van der Waals surface area (Å²) in [5, 5.41) is 0. The number of hydrogen-bond donors (Lipinski definition) is 1. The van der Waals surface area contributed by atoms with Gasteiger partial charge in [-0.15, -0.1) is 0 Å². The van der Waals surface area contributed by atoms with Gasteiger partial charge in [0.1, 0.15) is 0 Å². The SMILES string of the molecule is COC1CCC2(CC1)Cc1ccc(C3CCCC3)cc1C21N=C(N)N(C)C1=O. The van der Waals surface area contributed by atoms with Crippen LogP contribution in [0.5, 0.6) is 0 Å². The molecule has 3 aliphatic carbocycles. The topological polar surface area (TPSA) is 67.9 Å². The van der Waals surface area contributed by atoms with Crippen LogP contribution in [0.3, 0.4) is 0 Å². The summed E-state index contributed by atoms with van der Waals surface area (Å²) >= 11 is 0. The first-order valence-corrected chi connectivity index (χ1v) is 10.8. The summed E-state index contributed by atoms with van der Waals surface area (Å²) < 4.78 is 5.62. The third-order valence-corrected chi connectivity index (χ3v) is 8.11. The summed E-state index contributed by atoms with van der Waals surface area (Å²) in [5.74, 6) is 1.04. The molecule has 28 heavy (non-hydrogen) atoms. The zero-order valence-electron chi connectivity index (χ0n) is 17.0. The molecule has 5 rings (SSSR count). The third-order valence-electron chi connectivity index (χ3n) is 8.11. The number of benzene rings is 1. The maximum atomic E-state index is 13.7. The maximum absolute atomic E-state index is 13.7. The Morgan fingerprint density at radius 1 is 1.18 bits per heavy atom. The molecule has 1 aliphatic heterocycles. The summed E-state index contributed by atoms with van der Waals surface area (Å²) in [5.41, 5.74) is 9.00. The number of rotatable bonds is 2. The molecule has 5 heteroatoms. The first kappa shape index (κ1) is 18.2. The van der Waals surface area contributed by atoms with Crippen LogP contribution < -0.4 is 5.73 Å². The lowest BCUT2D eigenvalue weighted by Gasteiger charge is -2.45. The van der Waals surface area contributed by atoms with E-state index >= 15 is 0 Å². The molecule has 1 heterocycles. The van der Waals surface area contributed by atoms with E-state index in [9.17, 15) is 4.79 Å². The van der Waals surface area contributed by atoms with Crippen LogP contribution in [-0.2, 0) is 21.5 Å². The Balaban J connectivity index is 1.64. The van der Waals surface area contributed by atoms with Crippen LogP contribution in [0.2, 0.25) is 0 Å². The van der Waals surface area contributed by atoms with Gasteiger partial charge in [-0.25, -0.2) is 4.99 Å². The first-order valence-electron chi connectivity index (χ1n) is 10.8. The van der Waals surface area contributed by atoms with E-state index in [1.165, 1.54) is 36.8 Å². The summed E-state index contributed by atoms with van der Waals surface area (Å²) in [6, 6.07) is 6.90. The second-order valence-corrected chi connectivity index (χ2v) is 9.33. The summed E-state index contributed by atoms with van der Waals surface area (Å²) in [4.78, 5) is 20.2. The molecule has 150 valence electrons. The number of guanidine groups is 1. The molecule has 1 atom stereocenters. The molecule has 0 bridgehead atoms. The number of ether oxygens (including phenoxy) is 1. The van der Waals surface area contributed by atoms with E-state index in [2.05, 4.69) is 18.2 Å². The number of hydrogen-bond acceptors (Lipinski definition) is 4. The average molecular weight is 382 g/mol. The lowest BCUT2D eigenvalue weighted by atomic mass is 9.61. The smallest absolute Gasteiger partial charge is 0.262 e. The van der Waals surface area contributed by atoms with Crippen molar-refractivity contribution in [2.75, 3.05) is 14.2 Å². The highest BCUT2D eigenvalue weighted by Gasteiger charge is 2.66. The largest absolute Gasteiger partial charge is 0.381 e. The number of carbonyl (C=O) groups is 1. The van der Waals surface area contributed by atoms with Crippen LogP contribution in [0.15, 0.2) is 23.2 Å². The minimum absolute atomic E-state index is 0.0585. The van der Waals surface area contributed by atoms with E-state index in [-0.39, 0.29) is 17.4 Å². The Kier molecular flexibility index (Phi) is 4.10. The Bertz CT molecular complexity index is 834. The van der Waals surface area contributed by atoms with E-state index in [4.69, 9.17) is 15.5 Å². The van der Waals surface area contributed by atoms with Crippen LogP contribution in [0.1, 0.15) is 74.0 Å². The fourth-order valence-electron chi connectivity index (χ4n) is 6.46. The van der Waals surface area contributed by atoms with Gasteiger partial charge in [0.2, 0.25) is 0 Å². The van der Waals surface area contributed by atoms with Crippen molar-refractivity contribution < 1.29 is 9.53 Å². The number of fused-ring (bicyclic) bond motifs is 3.